The molecule has 4 nitrogen and oxygen atoms in total. The largest absolute Gasteiger partial charge is 0.506 e. The van der Waals surface area contributed by atoms with Crippen molar-refractivity contribution in [2.75, 3.05) is 13.2 Å². The molecule has 15 heavy (non-hydrogen) atoms. The fraction of sp³-hybridized carbons (Fsp3) is 0.545. The molecule has 3 N–H and O–H groups in total. The van der Waals surface area contributed by atoms with Gasteiger partial charge in [-0.1, -0.05) is 6.92 Å². The minimum atomic E-state index is 0.167. The van der Waals surface area contributed by atoms with Gasteiger partial charge in [0.25, 0.3) is 0 Å². The Kier molecular flexibility index (Phi) is 4.52. The molecule has 0 fully saturated rings. The number of aromatic hydroxyl groups is 1. The molecule has 0 aliphatic carbocycles. The molecule has 1 unspecified atom stereocenters. The summed E-state index contributed by atoms with van der Waals surface area (Å²) in [5.41, 5.74) is 1.54. The lowest BCUT2D eigenvalue weighted by molar-refractivity contribution is 0.233. The molecule has 0 saturated carbocycles. The van der Waals surface area contributed by atoms with Crippen molar-refractivity contribution in [3.8, 4) is 5.75 Å². The minimum absolute atomic E-state index is 0.167. The first-order valence-electron chi connectivity index (χ1n) is 5.10. The summed E-state index contributed by atoms with van der Waals surface area (Å²) in [7, 11) is 0. The summed E-state index contributed by atoms with van der Waals surface area (Å²) in [5.74, 6) is 0.432. The average Bonchev–Trinajstić information content (AvgIpc) is 2.23. The van der Waals surface area contributed by atoms with Gasteiger partial charge in [0, 0.05) is 25.4 Å². The summed E-state index contributed by atoms with van der Waals surface area (Å²) >= 11 is 0. The maximum atomic E-state index is 9.51. The maximum Gasteiger partial charge on any atom is 0.138 e. The monoisotopic (exact) mass is 210 g/mol. The molecule has 0 aliphatic rings. The van der Waals surface area contributed by atoms with Crippen molar-refractivity contribution in [1.29, 1.82) is 0 Å². The smallest absolute Gasteiger partial charge is 0.138 e. The third-order valence-electron chi connectivity index (χ3n) is 2.19. The van der Waals surface area contributed by atoms with E-state index in [0.29, 0.717) is 18.8 Å². The fourth-order valence-electron chi connectivity index (χ4n) is 1.23. The van der Waals surface area contributed by atoms with Crippen molar-refractivity contribution < 1.29 is 10.2 Å². The number of pyridine rings is 1. The van der Waals surface area contributed by atoms with E-state index in [4.69, 9.17) is 5.11 Å². The van der Waals surface area contributed by atoms with Crippen molar-refractivity contribution in [2.45, 2.75) is 20.4 Å². The molecule has 1 rings (SSSR count). The van der Waals surface area contributed by atoms with Crippen molar-refractivity contribution in [3.05, 3.63) is 23.5 Å². The Hall–Kier alpha value is -1.13. The molecule has 1 aromatic heterocycles. The van der Waals surface area contributed by atoms with Gasteiger partial charge in [-0.15, -0.1) is 0 Å². The zero-order chi connectivity index (χ0) is 11.3. The van der Waals surface area contributed by atoms with Gasteiger partial charge in [0.15, 0.2) is 0 Å². The second-order valence-corrected chi connectivity index (χ2v) is 3.84. The van der Waals surface area contributed by atoms with Crippen LogP contribution < -0.4 is 5.32 Å². The van der Waals surface area contributed by atoms with Crippen LogP contribution in [0.15, 0.2) is 12.1 Å². The summed E-state index contributed by atoms with van der Waals surface area (Å²) in [6, 6.07) is 3.42. The van der Waals surface area contributed by atoms with E-state index in [-0.39, 0.29) is 18.3 Å². The number of aryl methyl sites for hydroxylation is 1. The number of rotatable bonds is 5. The molecule has 0 radical (unpaired) electrons. The first-order valence-corrected chi connectivity index (χ1v) is 5.10. The Morgan fingerprint density at radius 3 is 2.87 bits per heavy atom. The fourth-order valence-corrected chi connectivity index (χ4v) is 1.23. The molecule has 84 valence electrons. The lowest BCUT2D eigenvalue weighted by Crippen LogP contribution is -2.23. The van der Waals surface area contributed by atoms with Gasteiger partial charge in [0.1, 0.15) is 5.75 Å². The highest BCUT2D eigenvalue weighted by Gasteiger charge is 2.04. The highest BCUT2D eigenvalue weighted by molar-refractivity contribution is 5.27. The number of nitrogens with one attached hydrogen (secondary N) is 1. The number of aromatic nitrogens is 1. The predicted molar refractivity (Wildman–Crippen MR) is 58.6 cm³/mol. The first-order chi connectivity index (χ1) is 7.13. The molecule has 1 atom stereocenters. The molecule has 0 aromatic carbocycles. The maximum absolute atomic E-state index is 9.51. The van der Waals surface area contributed by atoms with Gasteiger partial charge in [0.05, 0.1) is 5.69 Å². The Bertz CT molecular complexity index is 315. The molecule has 4 heteroatoms. The second kappa shape index (κ2) is 5.68. The Balaban J connectivity index is 2.46. The molecular formula is C11H18N2O2. The average molecular weight is 210 g/mol. The second-order valence-electron chi connectivity index (χ2n) is 3.84. The highest BCUT2D eigenvalue weighted by atomic mass is 16.3. The predicted octanol–water partition coefficient (Wildman–Crippen LogP) is 0.814. The number of hydrogen-bond donors (Lipinski definition) is 3. The van der Waals surface area contributed by atoms with Crippen molar-refractivity contribution in [3.63, 3.8) is 0 Å². The van der Waals surface area contributed by atoms with Crippen molar-refractivity contribution in [2.24, 2.45) is 5.92 Å². The van der Waals surface area contributed by atoms with Gasteiger partial charge < -0.3 is 15.5 Å². The lowest BCUT2D eigenvalue weighted by Gasteiger charge is -2.10. The molecule has 0 aliphatic heterocycles. The molecular weight excluding hydrogens is 192 g/mol. The number of nitrogens with zero attached hydrogens (tertiary/aromatic N) is 1. The quantitative estimate of drug-likeness (QED) is 0.673. The van der Waals surface area contributed by atoms with E-state index < -0.39 is 0 Å². The molecule has 0 saturated heterocycles. The summed E-state index contributed by atoms with van der Waals surface area (Å²) in [6.07, 6.45) is 0. The van der Waals surface area contributed by atoms with Gasteiger partial charge in [-0.25, -0.2) is 0 Å². The number of hydrogen-bond acceptors (Lipinski definition) is 4. The van der Waals surface area contributed by atoms with E-state index in [0.717, 1.165) is 5.69 Å². The summed E-state index contributed by atoms with van der Waals surface area (Å²) in [5, 5.41) is 21.5. The van der Waals surface area contributed by atoms with Crippen LogP contribution in [0.3, 0.4) is 0 Å². The molecule has 1 aromatic rings. The minimum Gasteiger partial charge on any atom is -0.506 e. The van der Waals surface area contributed by atoms with Crippen LogP contribution in [0.2, 0.25) is 0 Å². The van der Waals surface area contributed by atoms with Crippen LogP contribution in [0.1, 0.15) is 18.3 Å². The highest BCUT2D eigenvalue weighted by Crippen LogP contribution is 2.13. The van der Waals surface area contributed by atoms with Gasteiger partial charge in [-0.05, 0) is 25.0 Å². The van der Waals surface area contributed by atoms with E-state index in [1.807, 2.05) is 13.8 Å². The van der Waals surface area contributed by atoms with E-state index in [1.54, 1.807) is 12.1 Å². The number of aliphatic hydroxyl groups excluding tert-OH is 1. The van der Waals surface area contributed by atoms with Crippen LogP contribution in [0, 0.1) is 12.8 Å². The number of aliphatic hydroxyl groups is 1. The normalized spacial score (nSPS) is 12.7. The van der Waals surface area contributed by atoms with Crippen LogP contribution in [-0.4, -0.2) is 28.3 Å². The van der Waals surface area contributed by atoms with Gasteiger partial charge in [0.2, 0.25) is 0 Å². The van der Waals surface area contributed by atoms with Gasteiger partial charge in [-0.2, -0.15) is 0 Å². The van der Waals surface area contributed by atoms with E-state index in [1.165, 1.54) is 0 Å². The van der Waals surface area contributed by atoms with E-state index in [9.17, 15) is 5.11 Å². The third kappa shape index (κ3) is 3.85. The molecule has 0 spiro atoms. The van der Waals surface area contributed by atoms with Crippen molar-refractivity contribution >= 4 is 0 Å². The summed E-state index contributed by atoms with van der Waals surface area (Å²) in [6.45, 7) is 5.25. The van der Waals surface area contributed by atoms with Crippen LogP contribution in [-0.2, 0) is 6.54 Å². The topological polar surface area (TPSA) is 65.4 Å². The summed E-state index contributed by atoms with van der Waals surface area (Å²) < 4.78 is 0. The van der Waals surface area contributed by atoms with E-state index >= 15 is 0 Å². The molecule has 0 amide bonds. The Labute approximate surface area is 90.0 Å². The standard InChI is InChI=1S/C11H18N2O2/c1-8(7-14)5-12-6-10-11(15)4-3-9(2)13-10/h3-4,8,12,14-15H,5-7H2,1-2H3. The van der Waals surface area contributed by atoms with Crippen molar-refractivity contribution in [1.82, 2.24) is 10.3 Å². The molecule has 0 bridgehead atoms. The van der Waals surface area contributed by atoms with Crippen LogP contribution in [0.4, 0.5) is 0 Å². The lowest BCUT2D eigenvalue weighted by atomic mass is 10.2. The molecule has 1 heterocycles. The summed E-state index contributed by atoms with van der Waals surface area (Å²) in [4.78, 5) is 4.22. The zero-order valence-electron chi connectivity index (χ0n) is 9.20. The first kappa shape index (κ1) is 11.9. The Morgan fingerprint density at radius 1 is 1.47 bits per heavy atom. The Morgan fingerprint density at radius 2 is 2.20 bits per heavy atom. The zero-order valence-corrected chi connectivity index (χ0v) is 9.20. The van der Waals surface area contributed by atoms with Crippen LogP contribution in [0.5, 0.6) is 5.75 Å². The van der Waals surface area contributed by atoms with E-state index in [2.05, 4.69) is 10.3 Å². The third-order valence-corrected chi connectivity index (χ3v) is 2.19. The van der Waals surface area contributed by atoms with Crippen LogP contribution in [0.25, 0.3) is 0 Å². The van der Waals surface area contributed by atoms with Gasteiger partial charge >= 0.3 is 0 Å². The van der Waals surface area contributed by atoms with Gasteiger partial charge in [-0.3, -0.25) is 4.98 Å². The van der Waals surface area contributed by atoms with Crippen LogP contribution >= 0.6 is 0 Å². The SMILES string of the molecule is Cc1ccc(O)c(CNCC(C)CO)n1.